The van der Waals surface area contributed by atoms with E-state index in [1.54, 1.807) is 19.2 Å². The molecule has 0 fully saturated rings. The summed E-state index contributed by atoms with van der Waals surface area (Å²) in [6.45, 7) is 2.03. The summed E-state index contributed by atoms with van der Waals surface area (Å²) in [7, 11) is 1.55. The maximum atomic E-state index is 12.3. The number of furan rings is 1. The number of amides is 1. The van der Waals surface area contributed by atoms with Gasteiger partial charge in [0.15, 0.2) is 17.1 Å². The summed E-state index contributed by atoms with van der Waals surface area (Å²) < 4.78 is 10.8. The number of nitrogens with one attached hydrogen (secondary N) is 1. The number of ether oxygens (including phenoxy) is 1. The van der Waals surface area contributed by atoms with Gasteiger partial charge in [-0.2, -0.15) is 0 Å². The number of hydrogen-bond donors (Lipinski definition) is 2. The molecule has 1 unspecified atom stereocenters. The van der Waals surface area contributed by atoms with E-state index in [-0.39, 0.29) is 18.2 Å². The predicted octanol–water partition coefficient (Wildman–Crippen LogP) is 3.21. The first-order chi connectivity index (χ1) is 11.6. The predicted molar refractivity (Wildman–Crippen MR) is 91.2 cm³/mol. The zero-order valence-electron chi connectivity index (χ0n) is 13.6. The molecular weight excluding hydrogens is 306 g/mol. The first kappa shape index (κ1) is 16.1. The Balaban J connectivity index is 1.72. The summed E-state index contributed by atoms with van der Waals surface area (Å²) in [5, 5.41) is 13.7. The number of aliphatic hydroxyl groups is 1. The van der Waals surface area contributed by atoms with Crippen LogP contribution < -0.4 is 10.1 Å². The summed E-state index contributed by atoms with van der Waals surface area (Å²) in [5.74, 6) is 0.388. The fraction of sp³-hybridized carbons (Fsp3) is 0.211. The molecule has 5 heteroatoms. The van der Waals surface area contributed by atoms with Crippen LogP contribution in [0.4, 0.5) is 0 Å². The van der Waals surface area contributed by atoms with Crippen molar-refractivity contribution in [2.24, 2.45) is 0 Å². The van der Waals surface area contributed by atoms with E-state index in [0.717, 1.165) is 16.5 Å². The Labute approximate surface area is 139 Å². The number of methoxy groups -OCH3 is 1. The van der Waals surface area contributed by atoms with Crippen molar-refractivity contribution >= 4 is 16.9 Å². The topological polar surface area (TPSA) is 71.7 Å². The van der Waals surface area contributed by atoms with Crippen molar-refractivity contribution in [2.75, 3.05) is 13.7 Å². The Morgan fingerprint density at radius 2 is 2.04 bits per heavy atom. The molecule has 2 N–H and O–H groups in total. The van der Waals surface area contributed by atoms with E-state index >= 15 is 0 Å². The number of aliphatic hydroxyl groups excluding tert-OH is 1. The maximum Gasteiger partial charge on any atom is 0.287 e. The number of para-hydroxylation sites is 1. The van der Waals surface area contributed by atoms with Gasteiger partial charge in [-0.15, -0.1) is 0 Å². The largest absolute Gasteiger partial charge is 0.493 e. The highest BCUT2D eigenvalue weighted by molar-refractivity contribution is 5.97. The van der Waals surface area contributed by atoms with Crippen LogP contribution in [-0.2, 0) is 0 Å². The summed E-state index contributed by atoms with van der Waals surface area (Å²) in [4.78, 5) is 12.3. The van der Waals surface area contributed by atoms with E-state index in [1.165, 1.54) is 0 Å². The minimum Gasteiger partial charge on any atom is -0.493 e. The van der Waals surface area contributed by atoms with Crippen molar-refractivity contribution in [3.8, 4) is 5.75 Å². The number of hydrogen-bond acceptors (Lipinski definition) is 4. The van der Waals surface area contributed by atoms with Crippen molar-refractivity contribution < 1.29 is 19.1 Å². The molecule has 3 rings (SSSR count). The average molecular weight is 325 g/mol. The Morgan fingerprint density at radius 3 is 2.79 bits per heavy atom. The van der Waals surface area contributed by atoms with Gasteiger partial charge >= 0.3 is 0 Å². The SMILES string of the molecule is COc1cccc2cc(C(=O)NCC(O)c3ccccc3C)oc12. The minimum absolute atomic E-state index is 0.109. The molecular formula is C19H19NO4. The molecule has 1 amide bonds. The fourth-order valence-electron chi connectivity index (χ4n) is 2.66. The molecule has 0 radical (unpaired) electrons. The number of fused-ring (bicyclic) bond motifs is 1. The van der Waals surface area contributed by atoms with Gasteiger partial charge in [-0.05, 0) is 30.2 Å². The lowest BCUT2D eigenvalue weighted by atomic mass is 10.0. The quantitative estimate of drug-likeness (QED) is 0.755. The number of aryl methyl sites for hydroxylation is 1. The summed E-state index contributed by atoms with van der Waals surface area (Å²) in [6.07, 6.45) is -0.769. The van der Waals surface area contributed by atoms with Crippen LogP contribution in [0.15, 0.2) is 52.9 Å². The van der Waals surface area contributed by atoms with Gasteiger partial charge in [0.2, 0.25) is 0 Å². The third kappa shape index (κ3) is 3.12. The molecule has 0 spiro atoms. The molecule has 0 saturated heterocycles. The molecule has 0 bridgehead atoms. The van der Waals surface area contributed by atoms with Crippen molar-refractivity contribution in [1.29, 1.82) is 0 Å². The highest BCUT2D eigenvalue weighted by Gasteiger charge is 2.17. The van der Waals surface area contributed by atoms with Gasteiger partial charge in [0.05, 0.1) is 13.2 Å². The number of carbonyl (C=O) groups is 1. The zero-order chi connectivity index (χ0) is 17.1. The second-order valence-electron chi connectivity index (χ2n) is 5.57. The summed E-state index contributed by atoms with van der Waals surface area (Å²) in [5.41, 5.74) is 2.31. The summed E-state index contributed by atoms with van der Waals surface area (Å²) >= 11 is 0. The molecule has 1 heterocycles. The van der Waals surface area contributed by atoms with E-state index in [2.05, 4.69) is 5.32 Å². The van der Waals surface area contributed by atoms with Crippen molar-refractivity contribution in [3.63, 3.8) is 0 Å². The second-order valence-corrected chi connectivity index (χ2v) is 5.57. The molecule has 24 heavy (non-hydrogen) atoms. The van der Waals surface area contributed by atoms with Gasteiger partial charge in [-0.25, -0.2) is 0 Å². The van der Waals surface area contributed by atoms with Crippen LogP contribution in [0, 0.1) is 6.92 Å². The third-order valence-corrected chi connectivity index (χ3v) is 3.96. The molecule has 5 nitrogen and oxygen atoms in total. The van der Waals surface area contributed by atoms with Crippen molar-refractivity contribution in [2.45, 2.75) is 13.0 Å². The number of rotatable bonds is 5. The molecule has 0 aliphatic carbocycles. The standard InChI is InChI=1S/C19H19NO4/c1-12-6-3-4-8-14(12)15(21)11-20-19(22)17-10-13-7-5-9-16(23-2)18(13)24-17/h3-10,15,21H,11H2,1-2H3,(H,20,22). The lowest BCUT2D eigenvalue weighted by molar-refractivity contribution is 0.0890. The van der Waals surface area contributed by atoms with E-state index in [0.29, 0.717) is 11.3 Å². The molecule has 1 atom stereocenters. The zero-order valence-corrected chi connectivity index (χ0v) is 13.6. The van der Waals surface area contributed by atoms with Crippen LogP contribution in [-0.4, -0.2) is 24.7 Å². The van der Waals surface area contributed by atoms with Crippen molar-refractivity contribution in [3.05, 3.63) is 65.4 Å². The van der Waals surface area contributed by atoms with E-state index in [1.807, 2.05) is 43.3 Å². The van der Waals surface area contributed by atoms with Gasteiger partial charge in [0, 0.05) is 11.9 Å². The van der Waals surface area contributed by atoms with Crippen LogP contribution in [0.2, 0.25) is 0 Å². The van der Waals surface area contributed by atoms with Crippen LogP contribution in [0.1, 0.15) is 27.8 Å². The fourth-order valence-corrected chi connectivity index (χ4v) is 2.66. The van der Waals surface area contributed by atoms with Crippen LogP contribution in [0.25, 0.3) is 11.0 Å². The maximum absolute atomic E-state index is 12.3. The van der Waals surface area contributed by atoms with E-state index < -0.39 is 6.10 Å². The van der Waals surface area contributed by atoms with Gasteiger partial charge in [-0.3, -0.25) is 4.79 Å². The lowest BCUT2D eigenvalue weighted by Crippen LogP contribution is -2.28. The molecule has 0 aliphatic rings. The molecule has 0 aliphatic heterocycles. The number of benzene rings is 2. The van der Waals surface area contributed by atoms with Gasteiger partial charge in [-0.1, -0.05) is 36.4 Å². The molecule has 124 valence electrons. The molecule has 3 aromatic rings. The van der Waals surface area contributed by atoms with E-state index in [4.69, 9.17) is 9.15 Å². The second kappa shape index (κ2) is 6.76. The first-order valence-electron chi connectivity index (χ1n) is 7.68. The highest BCUT2D eigenvalue weighted by atomic mass is 16.5. The van der Waals surface area contributed by atoms with Crippen LogP contribution in [0.3, 0.4) is 0 Å². The van der Waals surface area contributed by atoms with Gasteiger partial charge < -0.3 is 19.6 Å². The monoisotopic (exact) mass is 325 g/mol. The van der Waals surface area contributed by atoms with E-state index in [9.17, 15) is 9.90 Å². The Hall–Kier alpha value is -2.79. The van der Waals surface area contributed by atoms with Crippen LogP contribution in [0.5, 0.6) is 5.75 Å². The minimum atomic E-state index is -0.769. The first-order valence-corrected chi connectivity index (χ1v) is 7.68. The Kier molecular flexibility index (Phi) is 4.53. The van der Waals surface area contributed by atoms with Crippen LogP contribution >= 0.6 is 0 Å². The Morgan fingerprint density at radius 1 is 1.25 bits per heavy atom. The molecule has 0 saturated carbocycles. The molecule has 1 aromatic heterocycles. The van der Waals surface area contributed by atoms with Gasteiger partial charge in [0.1, 0.15) is 0 Å². The average Bonchev–Trinajstić information content (AvgIpc) is 3.04. The molecule has 2 aromatic carbocycles. The normalized spacial score (nSPS) is 12.1. The summed E-state index contributed by atoms with van der Waals surface area (Å²) in [6, 6.07) is 14.7. The van der Waals surface area contributed by atoms with Crippen molar-refractivity contribution in [1.82, 2.24) is 5.32 Å². The highest BCUT2D eigenvalue weighted by Crippen LogP contribution is 2.28. The Bertz CT molecular complexity index is 869. The number of carbonyl (C=O) groups excluding carboxylic acids is 1. The lowest BCUT2D eigenvalue weighted by Gasteiger charge is -2.13. The smallest absolute Gasteiger partial charge is 0.287 e. The van der Waals surface area contributed by atoms with Gasteiger partial charge in [0.25, 0.3) is 5.91 Å². The third-order valence-electron chi connectivity index (χ3n) is 3.96.